The molecule has 2 aliphatic rings. The van der Waals surface area contributed by atoms with Crippen LogP contribution < -0.4 is 9.47 Å². The summed E-state index contributed by atoms with van der Waals surface area (Å²) in [6, 6.07) is 17.5. The number of likely N-dealkylation sites (tertiary alicyclic amines) is 1. The number of rotatable bonds is 7. The second kappa shape index (κ2) is 11.2. The molecule has 1 atom stereocenters. The van der Waals surface area contributed by atoms with Gasteiger partial charge >= 0.3 is 0 Å². The average molecular weight is 563 g/mol. The van der Waals surface area contributed by atoms with Gasteiger partial charge < -0.3 is 24.6 Å². The molecule has 2 aromatic carbocycles. The Morgan fingerprint density at radius 3 is 2.62 bits per heavy atom. The first-order chi connectivity index (χ1) is 19.0. The summed E-state index contributed by atoms with van der Waals surface area (Å²) in [7, 11) is 0. The van der Waals surface area contributed by atoms with Crippen molar-refractivity contribution in [1.29, 1.82) is 0 Å². The monoisotopic (exact) mass is 562 g/mol. The van der Waals surface area contributed by atoms with Crippen molar-refractivity contribution in [2.75, 3.05) is 26.2 Å². The van der Waals surface area contributed by atoms with Crippen molar-refractivity contribution in [3.8, 4) is 11.5 Å². The van der Waals surface area contributed by atoms with Crippen molar-refractivity contribution < 1.29 is 19.7 Å². The van der Waals surface area contributed by atoms with Gasteiger partial charge in [0, 0.05) is 47.4 Å². The molecule has 2 aliphatic heterocycles. The van der Waals surface area contributed by atoms with Crippen LogP contribution in [0.2, 0.25) is 5.02 Å². The van der Waals surface area contributed by atoms with Crippen LogP contribution in [-0.2, 0) is 12.2 Å². The van der Waals surface area contributed by atoms with Crippen molar-refractivity contribution in [3.05, 3.63) is 94.3 Å². The predicted octanol–water partition coefficient (Wildman–Crippen LogP) is 6.22. The van der Waals surface area contributed by atoms with Crippen LogP contribution in [0, 0.1) is 5.41 Å². The standard InChI is InChI=1S/C33H39ClN2O4/c1-31(2)21-36(18-15-33(31,38)23-9-11-24(34)12-10-23)17-6-8-26-27-7-5-16-35-29(27)20-39-30-14-13-25(19-28(26)30)40-32(3,4)22-37/h5,7-14,16,19,37-38H,6,15,17-18,20-22H2,1-4H3. The molecule has 0 amide bonds. The molecule has 40 heavy (non-hydrogen) atoms. The minimum absolute atomic E-state index is 0.0879. The first-order valence-corrected chi connectivity index (χ1v) is 14.3. The number of nitrogens with zero attached hydrogens (tertiary/aromatic N) is 2. The zero-order valence-electron chi connectivity index (χ0n) is 23.8. The van der Waals surface area contributed by atoms with E-state index in [1.54, 1.807) is 6.20 Å². The van der Waals surface area contributed by atoms with Crippen LogP contribution >= 0.6 is 11.6 Å². The number of hydrogen-bond acceptors (Lipinski definition) is 6. The number of hydrogen-bond donors (Lipinski definition) is 2. The molecule has 0 saturated carbocycles. The molecule has 3 aromatic rings. The fourth-order valence-corrected chi connectivity index (χ4v) is 5.97. The summed E-state index contributed by atoms with van der Waals surface area (Å²) in [4.78, 5) is 7.03. The van der Waals surface area contributed by atoms with Gasteiger partial charge in [0.15, 0.2) is 0 Å². The Bertz CT molecular complexity index is 1390. The highest BCUT2D eigenvalue weighted by Crippen LogP contribution is 2.46. The SMILES string of the molecule is CC(C)(CO)Oc1ccc2c(c1)C(=CCCN1CCC(O)(c3ccc(Cl)cc3)C(C)(C)C1)c1cccnc1CO2. The number of halogens is 1. The number of piperidine rings is 1. The topological polar surface area (TPSA) is 75.1 Å². The smallest absolute Gasteiger partial charge is 0.131 e. The minimum Gasteiger partial charge on any atom is -0.487 e. The first kappa shape index (κ1) is 28.6. The van der Waals surface area contributed by atoms with Crippen LogP contribution in [0.4, 0.5) is 0 Å². The third kappa shape index (κ3) is 5.77. The van der Waals surface area contributed by atoms with E-state index in [1.807, 2.05) is 62.4 Å². The lowest BCUT2D eigenvalue weighted by Crippen LogP contribution is -2.55. The molecule has 0 bridgehead atoms. The molecular formula is C33H39ClN2O4. The maximum absolute atomic E-state index is 11.8. The van der Waals surface area contributed by atoms with Gasteiger partial charge in [-0.3, -0.25) is 4.98 Å². The van der Waals surface area contributed by atoms with Crippen molar-refractivity contribution >= 4 is 17.2 Å². The molecule has 212 valence electrons. The molecular weight excluding hydrogens is 524 g/mol. The molecule has 7 heteroatoms. The minimum atomic E-state index is -0.909. The van der Waals surface area contributed by atoms with Crippen LogP contribution in [0.3, 0.4) is 0 Å². The maximum Gasteiger partial charge on any atom is 0.131 e. The lowest BCUT2D eigenvalue weighted by molar-refractivity contribution is -0.125. The largest absolute Gasteiger partial charge is 0.487 e. The number of pyridine rings is 1. The Kier molecular flexibility index (Phi) is 7.99. The Labute approximate surface area is 242 Å². The van der Waals surface area contributed by atoms with Crippen molar-refractivity contribution in [1.82, 2.24) is 9.88 Å². The fraction of sp³-hybridized carbons (Fsp3) is 0.424. The third-order valence-electron chi connectivity index (χ3n) is 8.20. The molecule has 0 radical (unpaired) electrons. The maximum atomic E-state index is 11.8. The lowest BCUT2D eigenvalue weighted by atomic mass is 9.66. The highest BCUT2D eigenvalue weighted by atomic mass is 35.5. The van der Waals surface area contributed by atoms with Crippen LogP contribution in [0.1, 0.15) is 62.9 Å². The van der Waals surface area contributed by atoms with Crippen LogP contribution in [-0.4, -0.2) is 51.9 Å². The van der Waals surface area contributed by atoms with Crippen molar-refractivity contribution in [3.63, 3.8) is 0 Å². The third-order valence-corrected chi connectivity index (χ3v) is 8.46. The number of fused-ring (bicyclic) bond motifs is 2. The number of benzene rings is 2. The summed E-state index contributed by atoms with van der Waals surface area (Å²) >= 11 is 6.10. The Balaban J connectivity index is 1.38. The van der Waals surface area contributed by atoms with Crippen LogP contribution in [0.15, 0.2) is 66.9 Å². The number of ether oxygens (including phenoxy) is 2. The Morgan fingerprint density at radius 1 is 1.12 bits per heavy atom. The fourth-order valence-electron chi connectivity index (χ4n) is 5.84. The van der Waals surface area contributed by atoms with E-state index in [4.69, 9.17) is 21.1 Å². The Morgan fingerprint density at radius 2 is 1.90 bits per heavy atom. The normalized spacial score (nSPS) is 21.7. The van der Waals surface area contributed by atoms with Gasteiger partial charge in [0.05, 0.1) is 17.9 Å². The number of aliphatic hydroxyl groups is 2. The second-order valence-corrected chi connectivity index (χ2v) is 12.6. The van der Waals surface area contributed by atoms with Gasteiger partial charge in [0.1, 0.15) is 23.7 Å². The molecule has 1 aromatic heterocycles. The van der Waals surface area contributed by atoms with E-state index in [1.165, 1.54) is 0 Å². The van der Waals surface area contributed by atoms with E-state index in [-0.39, 0.29) is 12.0 Å². The molecule has 2 N–H and O–H groups in total. The molecule has 1 unspecified atom stereocenters. The summed E-state index contributed by atoms with van der Waals surface area (Å²) in [5.74, 6) is 1.46. The quantitative estimate of drug-likeness (QED) is 0.356. The highest BCUT2D eigenvalue weighted by molar-refractivity contribution is 6.30. The van der Waals surface area contributed by atoms with Gasteiger partial charge in [0.2, 0.25) is 0 Å². The summed E-state index contributed by atoms with van der Waals surface area (Å²) in [5.41, 5.74) is 2.95. The van der Waals surface area contributed by atoms with E-state index in [9.17, 15) is 10.2 Å². The van der Waals surface area contributed by atoms with Gasteiger partial charge in [0.25, 0.3) is 0 Å². The molecule has 3 heterocycles. The second-order valence-electron chi connectivity index (χ2n) is 12.1. The molecule has 5 rings (SSSR count). The highest BCUT2D eigenvalue weighted by Gasteiger charge is 2.48. The predicted molar refractivity (Wildman–Crippen MR) is 159 cm³/mol. The molecule has 6 nitrogen and oxygen atoms in total. The van der Waals surface area contributed by atoms with Crippen LogP contribution in [0.25, 0.3) is 5.57 Å². The molecule has 0 spiro atoms. The van der Waals surface area contributed by atoms with Gasteiger partial charge in [-0.15, -0.1) is 0 Å². The van der Waals surface area contributed by atoms with Gasteiger partial charge in [-0.1, -0.05) is 49.7 Å². The van der Waals surface area contributed by atoms with E-state index >= 15 is 0 Å². The lowest BCUT2D eigenvalue weighted by Gasteiger charge is -2.50. The zero-order chi connectivity index (χ0) is 28.5. The zero-order valence-corrected chi connectivity index (χ0v) is 24.5. The van der Waals surface area contributed by atoms with Gasteiger partial charge in [-0.25, -0.2) is 0 Å². The molecule has 1 fully saturated rings. The summed E-state index contributed by atoms with van der Waals surface area (Å²) in [5, 5.41) is 22.1. The van der Waals surface area contributed by atoms with Crippen LogP contribution in [0.5, 0.6) is 11.5 Å². The van der Waals surface area contributed by atoms with Gasteiger partial charge in [-0.05, 0) is 74.2 Å². The van der Waals surface area contributed by atoms with Crippen molar-refractivity contribution in [2.24, 2.45) is 5.41 Å². The first-order valence-electron chi connectivity index (χ1n) is 13.9. The van der Waals surface area contributed by atoms with E-state index < -0.39 is 11.2 Å². The number of aliphatic hydroxyl groups excluding tert-OH is 1. The summed E-state index contributed by atoms with van der Waals surface area (Å²) in [6.07, 6.45) is 5.54. The van der Waals surface area contributed by atoms with E-state index in [0.29, 0.717) is 23.8 Å². The van der Waals surface area contributed by atoms with Gasteiger partial charge in [-0.2, -0.15) is 0 Å². The average Bonchev–Trinajstić information content (AvgIpc) is 3.07. The van der Waals surface area contributed by atoms with Crippen molar-refractivity contribution in [2.45, 2.75) is 58.3 Å². The van der Waals surface area contributed by atoms with E-state index in [2.05, 4.69) is 35.9 Å². The number of aromatic nitrogens is 1. The Hall–Kier alpha value is -2.90. The molecule has 0 aliphatic carbocycles. The summed E-state index contributed by atoms with van der Waals surface area (Å²) in [6.45, 7) is 10.8. The molecule has 1 saturated heterocycles. The summed E-state index contributed by atoms with van der Waals surface area (Å²) < 4.78 is 12.2. The van der Waals surface area contributed by atoms with E-state index in [0.717, 1.165) is 59.8 Å².